The first-order valence-electron chi connectivity index (χ1n) is 9.08. The number of benzene rings is 2. The van der Waals surface area contributed by atoms with Crippen molar-refractivity contribution in [3.05, 3.63) is 65.2 Å². The predicted octanol–water partition coefficient (Wildman–Crippen LogP) is 2.26. The van der Waals surface area contributed by atoms with Gasteiger partial charge in [-0.15, -0.1) is 6.42 Å². The third-order valence-electron chi connectivity index (χ3n) is 4.51. The molecule has 7 nitrogen and oxygen atoms in total. The summed E-state index contributed by atoms with van der Waals surface area (Å²) >= 11 is 0.960. The average Bonchev–Trinajstić information content (AvgIpc) is 3.09. The largest absolute Gasteiger partial charge is 0.358 e. The zero-order valence-electron chi connectivity index (χ0n) is 16.3. The van der Waals surface area contributed by atoms with E-state index in [1.165, 1.54) is 11.9 Å². The van der Waals surface area contributed by atoms with Crippen molar-refractivity contribution < 1.29 is 19.2 Å². The first-order valence-corrected chi connectivity index (χ1v) is 10.1. The molecule has 0 aromatic heterocycles. The second-order valence-corrected chi connectivity index (χ2v) is 7.42. The van der Waals surface area contributed by atoms with E-state index in [-0.39, 0.29) is 35.9 Å². The molecule has 1 aliphatic rings. The number of anilines is 1. The molecule has 0 spiro atoms. The van der Waals surface area contributed by atoms with Crippen molar-refractivity contribution in [2.24, 2.45) is 0 Å². The van der Waals surface area contributed by atoms with Crippen LogP contribution >= 0.6 is 11.8 Å². The van der Waals surface area contributed by atoms with E-state index < -0.39 is 5.91 Å². The summed E-state index contributed by atoms with van der Waals surface area (Å²) in [6, 6.07) is 13.5. The smallest absolute Gasteiger partial charge is 0.289 e. The van der Waals surface area contributed by atoms with Gasteiger partial charge < -0.3 is 5.32 Å². The van der Waals surface area contributed by atoms with E-state index in [0.29, 0.717) is 22.4 Å². The van der Waals surface area contributed by atoms with Gasteiger partial charge in [-0.1, -0.05) is 35.9 Å². The molecule has 2 aromatic carbocycles. The number of imide groups is 1. The molecular weight excluding hydrogens is 402 g/mol. The molecule has 30 heavy (non-hydrogen) atoms. The molecule has 3 rings (SSSR count). The minimum Gasteiger partial charge on any atom is -0.358 e. The van der Waals surface area contributed by atoms with Gasteiger partial charge in [-0.25, -0.2) is 0 Å². The van der Waals surface area contributed by atoms with Gasteiger partial charge in [-0.05, 0) is 35.9 Å². The van der Waals surface area contributed by atoms with Gasteiger partial charge in [0, 0.05) is 23.9 Å². The zero-order valence-corrected chi connectivity index (χ0v) is 17.1. The highest BCUT2D eigenvalue weighted by Crippen LogP contribution is 2.23. The highest BCUT2D eigenvalue weighted by atomic mass is 32.2. The quantitative estimate of drug-likeness (QED) is 0.723. The molecule has 0 aliphatic carbocycles. The summed E-state index contributed by atoms with van der Waals surface area (Å²) in [4.78, 5) is 51.5. The number of amides is 4. The second-order valence-electron chi connectivity index (χ2n) is 6.49. The summed E-state index contributed by atoms with van der Waals surface area (Å²) in [5.41, 5.74) is 2.04. The number of thioether (sulfide) groups is 1. The summed E-state index contributed by atoms with van der Waals surface area (Å²) in [7, 11) is 1.49. The van der Waals surface area contributed by atoms with Crippen molar-refractivity contribution in [1.29, 1.82) is 0 Å². The van der Waals surface area contributed by atoms with Crippen LogP contribution in [0.5, 0.6) is 0 Å². The number of hydrogen-bond acceptors (Lipinski definition) is 5. The van der Waals surface area contributed by atoms with Crippen LogP contribution in [0.2, 0.25) is 0 Å². The molecule has 1 saturated heterocycles. The lowest BCUT2D eigenvalue weighted by molar-refractivity contribution is -0.125. The van der Waals surface area contributed by atoms with E-state index in [1.807, 2.05) is 0 Å². The Hall–Kier alpha value is -3.57. The molecule has 1 heterocycles. The normalized spacial score (nSPS) is 13.1. The number of terminal acetylenes is 1. The molecule has 152 valence electrons. The van der Waals surface area contributed by atoms with Crippen LogP contribution in [0.4, 0.5) is 10.5 Å². The first-order chi connectivity index (χ1) is 14.4. The Kier molecular flexibility index (Phi) is 6.54. The lowest BCUT2D eigenvalue weighted by atomic mass is 10.1. The van der Waals surface area contributed by atoms with Crippen molar-refractivity contribution in [1.82, 2.24) is 10.2 Å². The van der Waals surface area contributed by atoms with E-state index in [0.717, 1.165) is 16.7 Å². The molecule has 1 fully saturated rings. The average molecular weight is 421 g/mol. The Bertz CT molecular complexity index is 1040. The Morgan fingerprint density at radius 1 is 1.20 bits per heavy atom. The van der Waals surface area contributed by atoms with Crippen LogP contribution in [0, 0.1) is 12.3 Å². The van der Waals surface area contributed by atoms with Crippen molar-refractivity contribution in [2.75, 3.05) is 24.2 Å². The molecule has 0 radical (unpaired) electrons. The topological polar surface area (TPSA) is 86.8 Å². The van der Waals surface area contributed by atoms with Crippen LogP contribution < -0.4 is 10.2 Å². The van der Waals surface area contributed by atoms with E-state index >= 15 is 0 Å². The van der Waals surface area contributed by atoms with Crippen LogP contribution in [0.3, 0.4) is 0 Å². The SMILES string of the molecule is C#Cc1cccc(N(CC(=O)NC)C(=O)c2cccc(CN3C(=O)CSC3=O)c2)c1. The number of likely N-dealkylation sites (N-methyl/N-ethyl adjacent to an activating group) is 1. The molecule has 0 unspecified atom stereocenters. The van der Waals surface area contributed by atoms with Crippen LogP contribution in [0.15, 0.2) is 48.5 Å². The second kappa shape index (κ2) is 9.29. The molecule has 1 aliphatic heterocycles. The zero-order chi connectivity index (χ0) is 21.7. The lowest BCUT2D eigenvalue weighted by Crippen LogP contribution is -2.40. The summed E-state index contributed by atoms with van der Waals surface area (Å²) in [6.45, 7) is -0.0961. The molecular formula is C22H19N3O4S. The molecule has 0 atom stereocenters. The summed E-state index contributed by atoms with van der Waals surface area (Å²) in [5, 5.41) is 2.21. The summed E-state index contributed by atoms with van der Waals surface area (Å²) in [6.07, 6.45) is 5.46. The van der Waals surface area contributed by atoms with Gasteiger partial charge >= 0.3 is 0 Å². The van der Waals surface area contributed by atoms with Gasteiger partial charge in [0.1, 0.15) is 6.54 Å². The third kappa shape index (κ3) is 4.70. The van der Waals surface area contributed by atoms with E-state index in [4.69, 9.17) is 6.42 Å². The van der Waals surface area contributed by atoms with Crippen molar-refractivity contribution >= 4 is 40.4 Å². The van der Waals surface area contributed by atoms with Crippen LogP contribution in [-0.4, -0.2) is 47.2 Å². The summed E-state index contributed by atoms with van der Waals surface area (Å²) < 4.78 is 0. The molecule has 0 saturated carbocycles. The minimum absolute atomic E-state index is 0.0911. The maximum atomic E-state index is 13.3. The minimum atomic E-state index is -0.400. The van der Waals surface area contributed by atoms with Crippen LogP contribution in [0.1, 0.15) is 21.5 Å². The number of hydrogen-bond donors (Lipinski definition) is 1. The highest BCUT2D eigenvalue weighted by molar-refractivity contribution is 8.14. The number of nitrogens with zero attached hydrogens (tertiary/aromatic N) is 2. The number of nitrogens with one attached hydrogen (secondary N) is 1. The number of carbonyl (C=O) groups is 4. The lowest BCUT2D eigenvalue weighted by Gasteiger charge is -2.23. The van der Waals surface area contributed by atoms with Gasteiger partial charge in [0.2, 0.25) is 11.8 Å². The maximum absolute atomic E-state index is 13.3. The maximum Gasteiger partial charge on any atom is 0.289 e. The summed E-state index contributed by atoms with van der Waals surface area (Å²) in [5.74, 6) is 1.65. The van der Waals surface area contributed by atoms with E-state index in [9.17, 15) is 19.2 Å². The monoisotopic (exact) mass is 421 g/mol. The van der Waals surface area contributed by atoms with Crippen LogP contribution in [0.25, 0.3) is 0 Å². The molecule has 8 heteroatoms. The Morgan fingerprint density at radius 3 is 2.63 bits per heavy atom. The van der Waals surface area contributed by atoms with Gasteiger partial charge in [-0.3, -0.25) is 29.0 Å². The van der Waals surface area contributed by atoms with Crippen molar-refractivity contribution in [2.45, 2.75) is 6.54 Å². The van der Waals surface area contributed by atoms with Crippen molar-refractivity contribution in [3.8, 4) is 12.3 Å². The Labute approximate surface area is 178 Å². The van der Waals surface area contributed by atoms with E-state index in [1.54, 1.807) is 48.5 Å². The molecule has 2 aromatic rings. The van der Waals surface area contributed by atoms with E-state index in [2.05, 4.69) is 11.2 Å². The molecule has 4 amide bonds. The standard InChI is InChI=1S/C22H19N3O4S/c1-3-15-6-5-9-18(11-15)24(13-19(26)23-2)21(28)17-8-4-7-16(10-17)12-25-20(27)14-30-22(25)29/h1,4-11H,12-14H2,2H3,(H,23,26). The number of rotatable bonds is 6. The Morgan fingerprint density at radius 2 is 1.97 bits per heavy atom. The van der Waals surface area contributed by atoms with Gasteiger partial charge in [0.25, 0.3) is 11.1 Å². The van der Waals surface area contributed by atoms with Crippen LogP contribution in [-0.2, 0) is 16.1 Å². The number of carbonyl (C=O) groups excluding carboxylic acids is 4. The third-order valence-corrected chi connectivity index (χ3v) is 5.36. The molecule has 1 N–H and O–H groups in total. The molecule has 0 bridgehead atoms. The fraction of sp³-hybridized carbons (Fsp3) is 0.182. The highest BCUT2D eigenvalue weighted by Gasteiger charge is 2.30. The predicted molar refractivity (Wildman–Crippen MR) is 115 cm³/mol. The fourth-order valence-electron chi connectivity index (χ4n) is 2.94. The van der Waals surface area contributed by atoms with Gasteiger partial charge in [-0.2, -0.15) is 0 Å². The first kappa shape index (κ1) is 21.1. The van der Waals surface area contributed by atoms with Gasteiger partial charge in [0.15, 0.2) is 0 Å². The fourth-order valence-corrected chi connectivity index (χ4v) is 3.67. The van der Waals surface area contributed by atoms with Crippen molar-refractivity contribution in [3.63, 3.8) is 0 Å². The van der Waals surface area contributed by atoms with Gasteiger partial charge in [0.05, 0.1) is 12.3 Å². The Balaban J connectivity index is 1.90.